The first kappa shape index (κ1) is 11.9. The number of nitrogens with one attached hydrogen (secondary N) is 1. The Bertz CT molecular complexity index is 192. The lowest BCUT2D eigenvalue weighted by Gasteiger charge is -2.17. The Balaban J connectivity index is 4.10. The summed E-state index contributed by atoms with van der Waals surface area (Å²) >= 11 is 0. The van der Waals surface area contributed by atoms with E-state index < -0.39 is 12.0 Å². The molecule has 4 N–H and O–H groups in total. The Morgan fingerprint density at radius 1 is 1.46 bits per heavy atom. The average molecular weight is 188 g/mol. The van der Waals surface area contributed by atoms with E-state index in [1.165, 1.54) is 0 Å². The molecule has 13 heavy (non-hydrogen) atoms. The molecule has 0 aliphatic heterocycles. The zero-order valence-electron chi connectivity index (χ0n) is 7.91. The fraction of sp³-hybridized carbons (Fsp3) is 0.750. The lowest BCUT2D eigenvalue weighted by Crippen LogP contribution is -2.44. The molecule has 0 spiro atoms. The standard InChI is InChI=1S/C8H16N2O3/c1-5(2)7(8(12)13)10-6(11)3-4-9/h5,7H,3-4,9H2,1-2H3,(H,10,11)(H,12,13)/t7-/m1/s1. The van der Waals surface area contributed by atoms with E-state index in [1.807, 2.05) is 0 Å². The van der Waals surface area contributed by atoms with Crippen LogP contribution in [0.3, 0.4) is 0 Å². The largest absolute Gasteiger partial charge is 0.480 e. The summed E-state index contributed by atoms with van der Waals surface area (Å²) in [5.74, 6) is -1.46. The maximum Gasteiger partial charge on any atom is 0.326 e. The van der Waals surface area contributed by atoms with Gasteiger partial charge in [-0.05, 0) is 5.92 Å². The molecule has 0 aliphatic rings. The van der Waals surface area contributed by atoms with E-state index in [1.54, 1.807) is 13.8 Å². The fourth-order valence-electron chi connectivity index (χ4n) is 0.890. The van der Waals surface area contributed by atoms with Gasteiger partial charge >= 0.3 is 5.97 Å². The predicted molar refractivity (Wildman–Crippen MR) is 48.1 cm³/mol. The minimum atomic E-state index is -1.01. The molecule has 5 nitrogen and oxygen atoms in total. The number of hydrogen-bond acceptors (Lipinski definition) is 3. The lowest BCUT2D eigenvalue weighted by atomic mass is 10.0. The van der Waals surface area contributed by atoms with E-state index in [0.29, 0.717) is 0 Å². The van der Waals surface area contributed by atoms with Crippen molar-refractivity contribution in [1.82, 2.24) is 5.32 Å². The van der Waals surface area contributed by atoms with Gasteiger partial charge in [0.1, 0.15) is 6.04 Å². The van der Waals surface area contributed by atoms with Gasteiger partial charge in [0.05, 0.1) is 0 Å². The monoisotopic (exact) mass is 188 g/mol. The summed E-state index contributed by atoms with van der Waals surface area (Å²) in [4.78, 5) is 21.6. The Labute approximate surface area is 77.3 Å². The number of carboxylic acid groups (broad SMARTS) is 1. The van der Waals surface area contributed by atoms with Crippen molar-refractivity contribution in [2.24, 2.45) is 11.7 Å². The molecule has 0 saturated carbocycles. The number of nitrogens with two attached hydrogens (primary N) is 1. The second-order valence-corrected chi connectivity index (χ2v) is 3.17. The molecule has 1 amide bonds. The van der Waals surface area contributed by atoms with E-state index in [2.05, 4.69) is 5.32 Å². The van der Waals surface area contributed by atoms with Crippen molar-refractivity contribution in [2.45, 2.75) is 26.3 Å². The molecule has 0 radical (unpaired) electrons. The summed E-state index contributed by atoms with van der Waals surface area (Å²) in [6.07, 6.45) is 0.163. The molecule has 0 aromatic heterocycles. The van der Waals surface area contributed by atoms with Gasteiger partial charge in [-0.3, -0.25) is 4.79 Å². The molecule has 0 aromatic carbocycles. The van der Waals surface area contributed by atoms with Crippen molar-refractivity contribution in [3.05, 3.63) is 0 Å². The van der Waals surface area contributed by atoms with E-state index in [0.717, 1.165) is 0 Å². The number of aliphatic carboxylic acids is 1. The predicted octanol–water partition coefficient (Wildman–Crippen LogP) is -0.439. The molecule has 76 valence electrons. The van der Waals surface area contributed by atoms with Crippen LogP contribution in [0.4, 0.5) is 0 Å². The van der Waals surface area contributed by atoms with E-state index in [-0.39, 0.29) is 24.8 Å². The topological polar surface area (TPSA) is 92.4 Å². The maximum atomic E-state index is 11.0. The maximum absolute atomic E-state index is 11.0. The van der Waals surface area contributed by atoms with Crippen LogP contribution in [-0.4, -0.2) is 29.6 Å². The van der Waals surface area contributed by atoms with Gasteiger partial charge in [-0.2, -0.15) is 0 Å². The zero-order chi connectivity index (χ0) is 10.4. The quantitative estimate of drug-likeness (QED) is 0.545. The van der Waals surface area contributed by atoms with Gasteiger partial charge in [0.25, 0.3) is 0 Å². The van der Waals surface area contributed by atoms with Crippen LogP contribution in [-0.2, 0) is 9.59 Å². The molecular weight excluding hydrogens is 172 g/mol. The van der Waals surface area contributed by atoms with Gasteiger partial charge < -0.3 is 16.2 Å². The second-order valence-electron chi connectivity index (χ2n) is 3.17. The number of amides is 1. The normalized spacial score (nSPS) is 12.6. The molecule has 0 bridgehead atoms. The SMILES string of the molecule is CC(C)[C@@H](NC(=O)CCN)C(=O)O. The third-order valence-corrected chi connectivity index (χ3v) is 1.62. The molecule has 0 rings (SSSR count). The first-order valence-corrected chi connectivity index (χ1v) is 4.21. The highest BCUT2D eigenvalue weighted by atomic mass is 16.4. The summed E-state index contributed by atoms with van der Waals surface area (Å²) < 4.78 is 0. The third kappa shape index (κ3) is 4.47. The van der Waals surface area contributed by atoms with E-state index >= 15 is 0 Å². The van der Waals surface area contributed by atoms with Crippen molar-refractivity contribution in [3.63, 3.8) is 0 Å². The average Bonchev–Trinajstić information content (AvgIpc) is 1.99. The molecular formula is C8H16N2O3. The number of carbonyl (C=O) groups excluding carboxylic acids is 1. The Morgan fingerprint density at radius 2 is 2.00 bits per heavy atom. The minimum Gasteiger partial charge on any atom is -0.480 e. The van der Waals surface area contributed by atoms with Crippen LogP contribution in [0.15, 0.2) is 0 Å². The van der Waals surface area contributed by atoms with Crippen LogP contribution in [0.25, 0.3) is 0 Å². The van der Waals surface area contributed by atoms with Gasteiger partial charge in [-0.15, -0.1) is 0 Å². The van der Waals surface area contributed by atoms with E-state index in [9.17, 15) is 9.59 Å². The number of rotatable bonds is 5. The van der Waals surface area contributed by atoms with Crippen molar-refractivity contribution in [1.29, 1.82) is 0 Å². The van der Waals surface area contributed by atoms with Crippen LogP contribution in [0, 0.1) is 5.92 Å². The van der Waals surface area contributed by atoms with Crippen molar-refractivity contribution in [2.75, 3.05) is 6.54 Å². The van der Waals surface area contributed by atoms with Crippen molar-refractivity contribution in [3.8, 4) is 0 Å². The van der Waals surface area contributed by atoms with Crippen LogP contribution < -0.4 is 11.1 Å². The van der Waals surface area contributed by atoms with Gasteiger partial charge in [0.15, 0.2) is 0 Å². The zero-order valence-corrected chi connectivity index (χ0v) is 7.91. The van der Waals surface area contributed by atoms with Gasteiger partial charge in [0, 0.05) is 13.0 Å². The summed E-state index contributed by atoms with van der Waals surface area (Å²) in [7, 11) is 0. The molecule has 0 aliphatic carbocycles. The van der Waals surface area contributed by atoms with Crippen molar-refractivity contribution >= 4 is 11.9 Å². The Kier molecular flexibility index (Phi) is 5.06. The molecule has 0 unspecified atom stereocenters. The van der Waals surface area contributed by atoms with Gasteiger partial charge in [0.2, 0.25) is 5.91 Å². The summed E-state index contributed by atoms with van der Waals surface area (Å²) in [6, 6.07) is -0.820. The van der Waals surface area contributed by atoms with Crippen LogP contribution in [0.5, 0.6) is 0 Å². The molecule has 5 heteroatoms. The van der Waals surface area contributed by atoms with Gasteiger partial charge in [-0.1, -0.05) is 13.8 Å². The lowest BCUT2D eigenvalue weighted by molar-refractivity contribution is -0.143. The highest BCUT2D eigenvalue weighted by molar-refractivity contribution is 5.83. The highest BCUT2D eigenvalue weighted by Gasteiger charge is 2.22. The number of carbonyl (C=O) groups is 2. The number of hydrogen-bond donors (Lipinski definition) is 3. The molecule has 0 aromatic rings. The van der Waals surface area contributed by atoms with Crippen LogP contribution in [0.1, 0.15) is 20.3 Å². The second kappa shape index (κ2) is 5.53. The van der Waals surface area contributed by atoms with Crippen molar-refractivity contribution < 1.29 is 14.7 Å². The first-order chi connectivity index (χ1) is 5.99. The van der Waals surface area contributed by atoms with E-state index in [4.69, 9.17) is 10.8 Å². The summed E-state index contributed by atoms with van der Waals surface area (Å²) in [5, 5.41) is 11.1. The smallest absolute Gasteiger partial charge is 0.326 e. The summed E-state index contributed by atoms with van der Waals surface area (Å²) in [6.45, 7) is 3.71. The first-order valence-electron chi connectivity index (χ1n) is 4.21. The van der Waals surface area contributed by atoms with Crippen LogP contribution in [0.2, 0.25) is 0 Å². The Morgan fingerprint density at radius 3 is 2.31 bits per heavy atom. The van der Waals surface area contributed by atoms with Gasteiger partial charge in [-0.25, -0.2) is 4.79 Å². The van der Waals surface area contributed by atoms with Crippen LogP contribution >= 0.6 is 0 Å². The third-order valence-electron chi connectivity index (χ3n) is 1.62. The minimum absolute atomic E-state index is 0.126. The molecule has 0 heterocycles. The molecule has 1 atom stereocenters. The highest BCUT2D eigenvalue weighted by Crippen LogP contribution is 2.01. The summed E-state index contributed by atoms with van der Waals surface area (Å²) in [5.41, 5.74) is 5.15. The Hall–Kier alpha value is -1.10. The molecule has 0 fully saturated rings. The molecule has 0 saturated heterocycles. The number of carboxylic acids is 1. The fourth-order valence-corrected chi connectivity index (χ4v) is 0.890.